The molecule has 15 heavy (non-hydrogen) atoms. The number of carbonyl (C=O) groups is 1. The first-order valence-electron chi connectivity index (χ1n) is 4.56. The van der Waals surface area contributed by atoms with E-state index in [2.05, 4.69) is 10.3 Å². The van der Waals surface area contributed by atoms with E-state index in [1.807, 2.05) is 6.92 Å². The molecule has 82 valence electrons. The van der Waals surface area contributed by atoms with Gasteiger partial charge in [0.2, 0.25) is 0 Å². The third-order valence-electron chi connectivity index (χ3n) is 1.99. The van der Waals surface area contributed by atoms with Crippen LogP contribution < -0.4 is 11.1 Å². The third-order valence-corrected chi connectivity index (χ3v) is 2.39. The quantitative estimate of drug-likeness (QED) is 0.713. The fourth-order valence-corrected chi connectivity index (χ4v) is 1.05. The first kappa shape index (κ1) is 11.6. The molecule has 1 amide bonds. The number of amides is 1. The van der Waals surface area contributed by atoms with Gasteiger partial charge in [-0.15, -0.1) is 0 Å². The number of thiocarbonyl (C=S) groups is 1. The summed E-state index contributed by atoms with van der Waals surface area (Å²) >= 11 is 4.80. The van der Waals surface area contributed by atoms with Crippen molar-refractivity contribution in [1.29, 1.82) is 0 Å². The van der Waals surface area contributed by atoms with Gasteiger partial charge in [0.1, 0.15) is 5.69 Å². The van der Waals surface area contributed by atoms with Crippen LogP contribution in [-0.4, -0.2) is 27.0 Å². The summed E-state index contributed by atoms with van der Waals surface area (Å²) in [6.45, 7) is 2.30. The van der Waals surface area contributed by atoms with Gasteiger partial charge in [-0.05, 0) is 0 Å². The summed E-state index contributed by atoms with van der Waals surface area (Å²) in [6, 6.07) is 0. The molecule has 0 spiro atoms. The van der Waals surface area contributed by atoms with Crippen molar-refractivity contribution < 1.29 is 4.79 Å². The van der Waals surface area contributed by atoms with Crippen molar-refractivity contribution >= 4 is 23.1 Å². The van der Waals surface area contributed by atoms with Gasteiger partial charge >= 0.3 is 0 Å². The van der Waals surface area contributed by atoms with Crippen LogP contribution in [-0.2, 0) is 7.05 Å². The van der Waals surface area contributed by atoms with E-state index in [9.17, 15) is 4.79 Å². The number of hydrogen-bond donors (Lipinski definition) is 2. The zero-order chi connectivity index (χ0) is 11.4. The number of aromatic nitrogens is 2. The summed E-state index contributed by atoms with van der Waals surface area (Å²) < 4.78 is 1.71. The van der Waals surface area contributed by atoms with Crippen LogP contribution in [0.15, 0.2) is 12.5 Å². The minimum atomic E-state index is -0.210. The number of nitrogens with zero attached hydrogens (tertiary/aromatic N) is 2. The molecule has 0 bridgehead atoms. The standard InChI is InChI=1S/C9H14N4OS/c1-6(8(10)15)3-11-9(14)7-4-13(2)5-12-7/h4-6H,3H2,1-2H3,(H2,10,15)(H,11,14). The van der Waals surface area contributed by atoms with Crippen molar-refractivity contribution in [2.24, 2.45) is 18.7 Å². The largest absolute Gasteiger partial charge is 0.393 e. The third kappa shape index (κ3) is 3.32. The predicted molar refractivity (Wildman–Crippen MR) is 61.5 cm³/mol. The van der Waals surface area contributed by atoms with E-state index in [1.165, 1.54) is 0 Å². The van der Waals surface area contributed by atoms with E-state index in [1.54, 1.807) is 24.1 Å². The maximum absolute atomic E-state index is 11.5. The summed E-state index contributed by atoms with van der Waals surface area (Å²) in [6.07, 6.45) is 3.23. The van der Waals surface area contributed by atoms with Gasteiger partial charge in [0, 0.05) is 25.7 Å². The molecule has 0 aliphatic heterocycles. The first-order valence-corrected chi connectivity index (χ1v) is 4.97. The normalized spacial score (nSPS) is 12.1. The number of imidazole rings is 1. The van der Waals surface area contributed by atoms with Gasteiger partial charge in [-0.2, -0.15) is 0 Å². The summed E-state index contributed by atoms with van der Waals surface area (Å²) in [7, 11) is 1.81. The van der Waals surface area contributed by atoms with Crippen molar-refractivity contribution in [3.63, 3.8) is 0 Å². The molecule has 0 saturated carbocycles. The monoisotopic (exact) mass is 226 g/mol. The lowest BCUT2D eigenvalue weighted by Gasteiger charge is -2.09. The molecule has 1 aromatic rings. The van der Waals surface area contributed by atoms with Gasteiger partial charge in [0.05, 0.1) is 11.3 Å². The Bertz CT molecular complexity index is 374. The highest BCUT2D eigenvalue weighted by molar-refractivity contribution is 7.80. The molecule has 0 fully saturated rings. The summed E-state index contributed by atoms with van der Waals surface area (Å²) in [5, 5.41) is 2.71. The molecule has 1 rings (SSSR count). The van der Waals surface area contributed by atoms with Gasteiger partial charge in [-0.1, -0.05) is 19.1 Å². The van der Waals surface area contributed by atoms with Crippen molar-refractivity contribution in [3.05, 3.63) is 18.2 Å². The molecule has 1 heterocycles. The lowest BCUT2D eigenvalue weighted by atomic mass is 10.2. The van der Waals surface area contributed by atoms with E-state index in [4.69, 9.17) is 18.0 Å². The molecule has 0 saturated heterocycles. The minimum absolute atomic E-state index is 0.00679. The molecule has 0 radical (unpaired) electrons. The predicted octanol–water partition coefficient (Wildman–Crippen LogP) is 0.0721. The molecule has 5 nitrogen and oxygen atoms in total. The van der Waals surface area contributed by atoms with Crippen molar-refractivity contribution in [2.45, 2.75) is 6.92 Å². The molecular weight excluding hydrogens is 212 g/mol. The van der Waals surface area contributed by atoms with Crippen molar-refractivity contribution in [1.82, 2.24) is 14.9 Å². The van der Waals surface area contributed by atoms with Crippen molar-refractivity contribution in [2.75, 3.05) is 6.54 Å². The van der Waals surface area contributed by atoms with E-state index in [0.717, 1.165) is 0 Å². The lowest BCUT2D eigenvalue weighted by Crippen LogP contribution is -2.33. The van der Waals surface area contributed by atoms with Crippen LogP contribution in [0.4, 0.5) is 0 Å². The second kappa shape index (κ2) is 4.88. The second-order valence-electron chi connectivity index (χ2n) is 3.44. The Morgan fingerprint density at radius 3 is 2.93 bits per heavy atom. The van der Waals surface area contributed by atoms with Crippen LogP contribution in [0.2, 0.25) is 0 Å². The molecule has 0 aliphatic carbocycles. The van der Waals surface area contributed by atoms with Gasteiger partial charge in [-0.25, -0.2) is 4.98 Å². The number of nitrogens with one attached hydrogen (secondary N) is 1. The minimum Gasteiger partial charge on any atom is -0.393 e. The Labute approximate surface area is 93.7 Å². The lowest BCUT2D eigenvalue weighted by molar-refractivity contribution is 0.0946. The van der Waals surface area contributed by atoms with E-state index >= 15 is 0 Å². The number of rotatable bonds is 4. The Balaban J connectivity index is 2.47. The first-order chi connectivity index (χ1) is 7.00. The Morgan fingerprint density at radius 2 is 2.47 bits per heavy atom. The Hall–Kier alpha value is -1.43. The van der Waals surface area contributed by atoms with Crippen LogP contribution in [0.5, 0.6) is 0 Å². The van der Waals surface area contributed by atoms with Crippen LogP contribution in [0.1, 0.15) is 17.4 Å². The van der Waals surface area contributed by atoms with Crippen LogP contribution in [0.25, 0.3) is 0 Å². The highest BCUT2D eigenvalue weighted by Crippen LogP contribution is 1.96. The second-order valence-corrected chi connectivity index (χ2v) is 3.91. The summed E-state index contributed by atoms with van der Waals surface area (Å²) in [5.74, 6) is -0.216. The molecule has 3 N–H and O–H groups in total. The maximum atomic E-state index is 11.5. The van der Waals surface area contributed by atoms with Gasteiger partial charge in [0.15, 0.2) is 0 Å². The molecule has 0 aromatic carbocycles. The molecule has 1 unspecified atom stereocenters. The molecule has 1 aromatic heterocycles. The average Bonchev–Trinajstić information content (AvgIpc) is 2.60. The van der Waals surface area contributed by atoms with Crippen LogP contribution >= 0.6 is 12.2 Å². The topological polar surface area (TPSA) is 72.9 Å². The summed E-state index contributed by atoms with van der Waals surface area (Å²) in [5.41, 5.74) is 5.82. The molecule has 1 atom stereocenters. The van der Waals surface area contributed by atoms with E-state index < -0.39 is 0 Å². The van der Waals surface area contributed by atoms with E-state index in [0.29, 0.717) is 17.2 Å². The highest BCUT2D eigenvalue weighted by atomic mass is 32.1. The fourth-order valence-electron chi connectivity index (χ4n) is 0.967. The Kier molecular flexibility index (Phi) is 3.79. The number of hydrogen-bond acceptors (Lipinski definition) is 3. The smallest absolute Gasteiger partial charge is 0.271 e. The maximum Gasteiger partial charge on any atom is 0.271 e. The fraction of sp³-hybridized carbons (Fsp3) is 0.444. The molecular formula is C9H14N4OS. The van der Waals surface area contributed by atoms with Crippen molar-refractivity contribution in [3.8, 4) is 0 Å². The zero-order valence-electron chi connectivity index (χ0n) is 8.73. The number of nitrogens with two attached hydrogens (primary N) is 1. The van der Waals surface area contributed by atoms with Gasteiger partial charge < -0.3 is 15.6 Å². The van der Waals surface area contributed by atoms with Gasteiger partial charge in [0.25, 0.3) is 5.91 Å². The molecule has 0 aliphatic rings. The van der Waals surface area contributed by atoms with Gasteiger partial charge in [-0.3, -0.25) is 4.79 Å². The SMILES string of the molecule is CC(CNC(=O)c1cn(C)cn1)C(N)=S. The highest BCUT2D eigenvalue weighted by Gasteiger charge is 2.10. The average molecular weight is 226 g/mol. The Morgan fingerprint density at radius 1 is 1.80 bits per heavy atom. The number of aryl methyl sites for hydroxylation is 1. The van der Waals surface area contributed by atoms with E-state index in [-0.39, 0.29) is 11.8 Å². The number of carbonyl (C=O) groups excluding carboxylic acids is 1. The molecule has 6 heteroatoms. The van der Waals surface area contributed by atoms with Crippen LogP contribution in [0.3, 0.4) is 0 Å². The zero-order valence-corrected chi connectivity index (χ0v) is 9.54. The van der Waals surface area contributed by atoms with Crippen LogP contribution in [0, 0.1) is 5.92 Å². The summed E-state index contributed by atoms with van der Waals surface area (Å²) in [4.78, 5) is 15.8.